The second-order valence-electron chi connectivity index (χ2n) is 9.79. The number of amides is 2. The van der Waals surface area contributed by atoms with Crippen LogP contribution >= 0.6 is 11.6 Å². The highest BCUT2D eigenvalue weighted by Gasteiger charge is 2.39. The molecule has 2 amide bonds. The highest BCUT2D eigenvalue weighted by atomic mass is 35.5. The van der Waals surface area contributed by atoms with Crippen LogP contribution in [0, 0.1) is 0 Å². The van der Waals surface area contributed by atoms with Crippen molar-refractivity contribution in [1.29, 1.82) is 0 Å². The van der Waals surface area contributed by atoms with Gasteiger partial charge < -0.3 is 25.7 Å². The van der Waals surface area contributed by atoms with Crippen molar-refractivity contribution in [2.75, 3.05) is 38.1 Å². The Balaban J connectivity index is 0.000000402. The van der Waals surface area contributed by atoms with Crippen molar-refractivity contribution in [3.63, 3.8) is 0 Å². The standard InChI is InChI=1S/C23H27ClN4O2.2C2HF3O2/c1-26-13-17-6-2-3-7-21(17)28(15-18(26)14-27-10-4-5-11-27)23(30)19-9-8-16(22(25)29)12-20(19)24;2*3-2(4,5)1(6)7/h2-3,6-9,12,18H,4-5,10-11,13-15H2,1H3,(H2,25,29);2*(H,6,7). The number of nitrogens with zero attached hydrogens (tertiary/aromatic N) is 3. The number of hydrogen-bond acceptors (Lipinski definition) is 6. The number of hydrogen-bond donors (Lipinski definition) is 3. The number of alkyl halides is 6. The van der Waals surface area contributed by atoms with E-state index < -0.39 is 30.2 Å². The van der Waals surface area contributed by atoms with Gasteiger partial charge in [-0.2, -0.15) is 26.3 Å². The Morgan fingerprint density at radius 2 is 1.45 bits per heavy atom. The van der Waals surface area contributed by atoms with Gasteiger partial charge in [0.15, 0.2) is 0 Å². The summed E-state index contributed by atoms with van der Waals surface area (Å²) in [5, 5.41) is 14.5. The molecule has 17 heteroatoms. The quantitative estimate of drug-likeness (QED) is 0.415. The van der Waals surface area contributed by atoms with E-state index in [1.54, 1.807) is 12.1 Å². The number of fused-ring (bicyclic) bond motifs is 1. The summed E-state index contributed by atoms with van der Waals surface area (Å²) in [4.78, 5) is 49.5. The van der Waals surface area contributed by atoms with Crippen LogP contribution in [0.2, 0.25) is 5.02 Å². The monoisotopic (exact) mass is 654 g/mol. The Hall–Kier alpha value is -3.89. The molecule has 44 heavy (non-hydrogen) atoms. The van der Waals surface area contributed by atoms with Gasteiger partial charge in [0.1, 0.15) is 0 Å². The molecule has 0 spiro atoms. The third kappa shape index (κ3) is 10.4. The first-order valence-corrected chi connectivity index (χ1v) is 13.2. The van der Waals surface area contributed by atoms with Gasteiger partial charge in [-0.25, -0.2) is 9.59 Å². The molecule has 2 heterocycles. The Kier molecular flexibility index (Phi) is 12.5. The molecule has 2 aliphatic rings. The predicted octanol–water partition coefficient (Wildman–Crippen LogP) is 4.26. The van der Waals surface area contributed by atoms with Crippen molar-refractivity contribution in [2.24, 2.45) is 5.73 Å². The van der Waals surface area contributed by atoms with Crippen molar-refractivity contribution >= 4 is 41.0 Å². The molecule has 1 atom stereocenters. The molecular formula is C27H29ClF6N4O6. The van der Waals surface area contributed by atoms with Crippen molar-refractivity contribution in [2.45, 2.75) is 37.8 Å². The number of para-hydroxylation sites is 1. The first-order chi connectivity index (χ1) is 20.3. The van der Waals surface area contributed by atoms with E-state index in [0.29, 0.717) is 17.7 Å². The fourth-order valence-electron chi connectivity index (χ4n) is 4.39. The number of carboxylic acids is 2. The molecule has 2 aromatic carbocycles. The lowest BCUT2D eigenvalue weighted by atomic mass is 10.1. The summed E-state index contributed by atoms with van der Waals surface area (Å²) in [5.41, 5.74) is 8.03. The average molecular weight is 655 g/mol. The highest BCUT2D eigenvalue weighted by Crippen LogP contribution is 2.30. The molecule has 4 rings (SSSR count). The van der Waals surface area contributed by atoms with Crippen LogP contribution in [0.1, 0.15) is 39.1 Å². The summed E-state index contributed by atoms with van der Waals surface area (Å²) in [5.74, 6) is -6.24. The molecule has 1 saturated heterocycles. The number of carbonyl (C=O) groups is 4. The molecule has 0 saturated carbocycles. The summed E-state index contributed by atoms with van der Waals surface area (Å²) in [6, 6.07) is 12.9. The highest BCUT2D eigenvalue weighted by molar-refractivity contribution is 6.35. The third-order valence-corrected chi connectivity index (χ3v) is 6.91. The van der Waals surface area contributed by atoms with E-state index in [-0.39, 0.29) is 17.0 Å². The molecule has 242 valence electrons. The summed E-state index contributed by atoms with van der Waals surface area (Å²) in [6.07, 6.45) is -7.69. The maximum absolute atomic E-state index is 13.6. The number of likely N-dealkylation sites (tertiary alicyclic amines) is 1. The van der Waals surface area contributed by atoms with Gasteiger partial charge in [-0.3, -0.25) is 14.5 Å². The number of rotatable bonds is 4. The van der Waals surface area contributed by atoms with Crippen LogP contribution < -0.4 is 10.6 Å². The minimum atomic E-state index is -5.08. The van der Waals surface area contributed by atoms with Gasteiger partial charge in [-0.15, -0.1) is 0 Å². The van der Waals surface area contributed by atoms with E-state index in [4.69, 9.17) is 37.1 Å². The smallest absolute Gasteiger partial charge is 0.475 e. The lowest BCUT2D eigenvalue weighted by molar-refractivity contribution is -0.193. The second kappa shape index (κ2) is 15.2. The minimum absolute atomic E-state index is 0.162. The van der Waals surface area contributed by atoms with Gasteiger partial charge in [0.05, 0.1) is 10.6 Å². The number of benzene rings is 2. The molecule has 0 bridgehead atoms. The third-order valence-electron chi connectivity index (χ3n) is 6.60. The number of nitrogens with two attached hydrogens (primary N) is 1. The fraction of sp³-hybridized carbons (Fsp3) is 0.407. The molecule has 0 radical (unpaired) electrons. The second-order valence-corrected chi connectivity index (χ2v) is 10.2. The number of carbonyl (C=O) groups excluding carboxylic acids is 2. The fourth-order valence-corrected chi connectivity index (χ4v) is 4.66. The maximum Gasteiger partial charge on any atom is 0.490 e. The molecule has 1 fully saturated rings. The van der Waals surface area contributed by atoms with E-state index in [9.17, 15) is 35.9 Å². The molecule has 4 N–H and O–H groups in total. The van der Waals surface area contributed by atoms with Crippen LogP contribution in [-0.2, 0) is 16.1 Å². The summed E-state index contributed by atoms with van der Waals surface area (Å²) in [6.45, 7) is 4.53. The Morgan fingerprint density at radius 1 is 0.932 bits per heavy atom. The zero-order valence-corrected chi connectivity index (χ0v) is 23.9. The number of carboxylic acid groups (broad SMARTS) is 2. The Labute approximate surface area is 252 Å². The van der Waals surface area contributed by atoms with Gasteiger partial charge >= 0.3 is 24.3 Å². The van der Waals surface area contributed by atoms with Crippen LogP contribution in [0.4, 0.5) is 32.0 Å². The minimum Gasteiger partial charge on any atom is -0.475 e. The molecule has 1 unspecified atom stereocenters. The molecular weight excluding hydrogens is 626 g/mol. The molecule has 0 aromatic heterocycles. The van der Waals surface area contributed by atoms with Gasteiger partial charge in [0, 0.05) is 36.9 Å². The van der Waals surface area contributed by atoms with Gasteiger partial charge in [-0.1, -0.05) is 29.8 Å². The first-order valence-electron chi connectivity index (χ1n) is 12.8. The molecule has 2 aromatic rings. The Bertz CT molecular complexity index is 1330. The zero-order valence-electron chi connectivity index (χ0n) is 23.2. The van der Waals surface area contributed by atoms with Crippen molar-refractivity contribution in [3.8, 4) is 0 Å². The maximum atomic E-state index is 13.6. The number of aliphatic carboxylic acids is 2. The van der Waals surface area contributed by atoms with Crippen LogP contribution in [0.15, 0.2) is 42.5 Å². The van der Waals surface area contributed by atoms with E-state index in [1.165, 1.54) is 18.9 Å². The average Bonchev–Trinajstić information content (AvgIpc) is 3.39. The van der Waals surface area contributed by atoms with Crippen LogP contribution in [0.3, 0.4) is 0 Å². The van der Waals surface area contributed by atoms with Gasteiger partial charge in [0.2, 0.25) is 5.91 Å². The number of primary amides is 1. The van der Waals surface area contributed by atoms with Crippen molar-refractivity contribution in [1.82, 2.24) is 9.80 Å². The number of likely N-dealkylation sites (N-methyl/N-ethyl adjacent to an activating group) is 1. The SMILES string of the molecule is CN1Cc2ccccc2N(C(=O)c2ccc(C(N)=O)cc2Cl)CC1CN1CCCC1.O=C(O)C(F)(F)F.O=C(O)C(F)(F)F. The Morgan fingerprint density at radius 3 is 1.93 bits per heavy atom. The first kappa shape index (κ1) is 36.3. The molecule has 2 aliphatic heterocycles. The number of halogens is 7. The summed E-state index contributed by atoms with van der Waals surface area (Å²) < 4.78 is 63.5. The topological polar surface area (TPSA) is 144 Å². The normalized spacial score (nSPS) is 17.3. The molecule has 10 nitrogen and oxygen atoms in total. The summed E-state index contributed by atoms with van der Waals surface area (Å²) in [7, 11) is 2.13. The van der Waals surface area contributed by atoms with E-state index >= 15 is 0 Å². The van der Waals surface area contributed by atoms with Gasteiger partial charge in [-0.05, 0) is 62.8 Å². The van der Waals surface area contributed by atoms with Crippen LogP contribution in [-0.4, -0.2) is 95.4 Å². The van der Waals surface area contributed by atoms with E-state index in [0.717, 1.165) is 37.4 Å². The van der Waals surface area contributed by atoms with Crippen LogP contribution in [0.5, 0.6) is 0 Å². The van der Waals surface area contributed by atoms with Crippen molar-refractivity contribution < 1.29 is 55.7 Å². The van der Waals surface area contributed by atoms with Crippen LogP contribution in [0.25, 0.3) is 0 Å². The predicted molar refractivity (Wildman–Crippen MR) is 146 cm³/mol. The van der Waals surface area contributed by atoms with Crippen molar-refractivity contribution in [3.05, 3.63) is 64.2 Å². The lowest BCUT2D eigenvalue weighted by Crippen LogP contribution is -2.48. The van der Waals surface area contributed by atoms with Gasteiger partial charge in [0.25, 0.3) is 5.91 Å². The zero-order chi connectivity index (χ0) is 33.4. The number of anilines is 1. The van der Waals surface area contributed by atoms with E-state index in [1.807, 2.05) is 23.1 Å². The lowest BCUT2D eigenvalue weighted by Gasteiger charge is -2.32. The van der Waals surface area contributed by atoms with E-state index in [2.05, 4.69) is 22.9 Å². The largest absolute Gasteiger partial charge is 0.490 e. The summed E-state index contributed by atoms with van der Waals surface area (Å²) >= 11 is 6.38. The molecule has 0 aliphatic carbocycles.